The van der Waals surface area contributed by atoms with Gasteiger partial charge in [-0.15, -0.1) is 0 Å². The van der Waals surface area contributed by atoms with Crippen LogP contribution in [0.2, 0.25) is 5.54 Å². The molecule has 5 unspecified atom stereocenters. The van der Waals surface area contributed by atoms with Gasteiger partial charge >= 0.3 is 8.72 Å². The van der Waals surface area contributed by atoms with E-state index in [4.69, 9.17) is 8.85 Å². The summed E-state index contributed by atoms with van der Waals surface area (Å²) >= 11 is 0. The van der Waals surface area contributed by atoms with Gasteiger partial charge in [-0.25, -0.2) is 0 Å². The van der Waals surface area contributed by atoms with Crippen molar-refractivity contribution in [1.82, 2.24) is 4.57 Å². The second-order valence-corrected chi connectivity index (χ2v) is 11.7. The van der Waals surface area contributed by atoms with E-state index in [2.05, 4.69) is 4.57 Å². The summed E-state index contributed by atoms with van der Waals surface area (Å²) in [5.74, 6) is 2.78. The fourth-order valence-corrected chi connectivity index (χ4v) is 11.0. The Hall–Kier alpha value is 0.0969. The molecule has 0 N–H and O–H groups in total. The molecule has 126 valence electrons. The predicted molar refractivity (Wildman–Crippen MR) is 90.7 cm³/mol. The highest BCUT2D eigenvalue weighted by atomic mass is 28.4. The van der Waals surface area contributed by atoms with Crippen molar-refractivity contribution in [1.29, 1.82) is 0 Å². The molecule has 4 aliphatic rings. The maximum atomic E-state index is 6.35. The van der Waals surface area contributed by atoms with Gasteiger partial charge in [0.1, 0.15) is 0 Å². The van der Waals surface area contributed by atoms with Crippen LogP contribution in [0.25, 0.3) is 0 Å². The Kier molecular flexibility index (Phi) is 4.39. The lowest BCUT2D eigenvalue weighted by atomic mass is 9.79. The summed E-state index contributed by atoms with van der Waals surface area (Å²) < 4.78 is 15.5. The van der Waals surface area contributed by atoms with Crippen LogP contribution in [0.4, 0.5) is 0 Å². The van der Waals surface area contributed by atoms with Crippen molar-refractivity contribution in [3.8, 4) is 0 Å². The molecule has 0 aromatic carbocycles. The predicted octanol–water partition coefficient (Wildman–Crippen LogP) is 4.06. The highest BCUT2D eigenvalue weighted by Crippen LogP contribution is 2.57. The van der Waals surface area contributed by atoms with Crippen LogP contribution in [0.1, 0.15) is 64.2 Å². The lowest BCUT2D eigenvalue weighted by molar-refractivity contribution is 0.0499. The number of fused-ring (bicyclic) bond motifs is 3. The van der Waals surface area contributed by atoms with Gasteiger partial charge in [0.05, 0.1) is 0 Å². The minimum absolute atomic E-state index is 0.724. The van der Waals surface area contributed by atoms with E-state index in [1.165, 1.54) is 70.8 Å². The van der Waals surface area contributed by atoms with Gasteiger partial charge in [-0.2, -0.15) is 0 Å². The number of piperidine rings is 1. The van der Waals surface area contributed by atoms with Crippen molar-refractivity contribution in [3.63, 3.8) is 0 Å². The minimum Gasteiger partial charge on any atom is -0.386 e. The maximum absolute atomic E-state index is 6.35. The average molecular weight is 324 g/mol. The number of hydrogen-bond acceptors (Lipinski definition) is 3. The van der Waals surface area contributed by atoms with Crippen LogP contribution >= 0.6 is 0 Å². The zero-order chi connectivity index (χ0) is 15.2. The Morgan fingerprint density at radius 3 is 2.27 bits per heavy atom. The van der Waals surface area contributed by atoms with Crippen molar-refractivity contribution < 1.29 is 8.85 Å². The third-order valence-corrected chi connectivity index (χ3v) is 11.6. The first-order chi connectivity index (χ1) is 10.8. The fourth-order valence-electron chi connectivity index (χ4n) is 6.54. The van der Waals surface area contributed by atoms with Crippen LogP contribution in [0.5, 0.6) is 0 Å². The summed E-state index contributed by atoms with van der Waals surface area (Å²) in [6.45, 7) is 1.23. The zero-order valence-corrected chi connectivity index (χ0v) is 15.4. The van der Waals surface area contributed by atoms with E-state index in [1.807, 2.05) is 14.2 Å². The van der Waals surface area contributed by atoms with Crippen LogP contribution in [0.3, 0.4) is 0 Å². The second-order valence-electron chi connectivity index (χ2n) is 8.27. The topological polar surface area (TPSA) is 21.7 Å². The second kappa shape index (κ2) is 6.19. The molecule has 5 atom stereocenters. The van der Waals surface area contributed by atoms with E-state index in [9.17, 15) is 0 Å². The SMILES string of the molecule is CO[Si](OC)(C1CC2CCC1C2)N1CCCC2CCCCC21. The Morgan fingerprint density at radius 2 is 1.59 bits per heavy atom. The molecule has 0 aromatic heterocycles. The summed E-state index contributed by atoms with van der Waals surface area (Å²) in [7, 11) is 1.67. The molecule has 0 amide bonds. The Bertz CT molecular complexity index is 399. The molecule has 0 radical (unpaired) electrons. The van der Waals surface area contributed by atoms with Crippen molar-refractivity contribution >= 4 is 8.72 Å². The van der Waals surface area contributed by atoms with Crippen LogP contribution in [0.15, 0.2) is 0 Å². The van der Waals surface area contributed by atoms with Crippen LogP contribution in [-0.4, -0.2) is 40.1 Å². The van der Waals surface area contributed by atoms with Gasteiger partial charge in [0, 0.05) is 25.8 Å². The molecule has 1 saturated heterocycles. The van der Waals surface area contributed by atoms with E-state index in [-0.39, 0.29) is 0 Å². The smallest absolute Gasteiger partial charge is 0.386 e. The molecule has 1 heterocycles. The van der Waals surface area contributed by atoms with E-state index >= 15 is 0 Å². The standard InChI is InChI=1S/C18H33NO2Si/c1-20-22(21-2,18-13-14-9-10-16(18)12-14)19-11-5-7-15-6-3-4-8-17(15)19/h14-18H,3-13H2,1-2H3. The van der Waals surface area contributed by atoms with Crippen molar-refractivity contribution in [2.24, 2.45) is 17.8 Å². The van der Waals surface area contributed by atoms with E-state index in [0.717, 1.165) is 29.3 Å². The van der Waals surface area contributed by atoms with Crippen molar-refractivity contribution in [3.05, 3.63) is 0 Å². The van der Waals surface area contributed by atoms with E-state index in [0.29, 0.717) is 0 Å². The molecule has 0 spiro atoms. The quantitative estimate of drug-likeness (QED) is 0.728. The molecule has 3 saturated carbocycles. The molecule has 1 aliphatic heterocycles. The number of rotatable bonds is 4. The summed E-state index contributed by atoms with van der Waals surface area (Å²) in [5.41, 5.74) is 0.724. The monoisotopic (exact) mass is 323 g/mol. The third kappa shape index (κ3) is 2.33. The molecule has 3 nitrogen and oxygen atoms in total. The van der Waals surface area contributed by atoms with Gasteiger partial charge < -0.3 is 8.85 Å². The first-order valence-electron chi connectivity index (χ1n) is 9.65. The molecule has 22 heavy (non-hydrogen) atoms. The minimum atomic E-state index is -2.24. The number of hydrogen-bond donors (Lipinski definition) is 0. The highest BCUT2D eigenvalue weighted by molar-refractivity contribution is 6.66. The van der Waals surface area contributed by atoms with Gasteiger partial charge in [0.25, 0.3) is 0 Å². The summed E-state index contributed by atoms with van der Waals surface area (Å²) in [5, 5.41) is 0. The molecular weight excluding hydrogens is 290 g/mol. The molecule has 0 aromatic rings. The molecule has 4 heteroatoms. The summed E-state index contributed by atoms with van der Waals surface area (Å²) in [6, 6.07) is 0.758. The summed E-state index contributed by atoms with van der Waals surface area (Å²) in [4.78, 5) is 0. The third-order valence-electron chi connectivity index (χ3n) is 7.44. The average Bonchev–Trinajstić information content (AvgIpc) is 3.20. The van der Waals surface area contributed by atoms with Gasteiger partial charge in [0.15, 0.2) is 0 Å². The van der Waals surface area contributed by atoms with Crippen LogP contribution in [0, 0.1) is 17.8 Å². The first kappa shape index (κ1) is 15.6. The van der Waals surface area contributed by atoms with Crippen molar-refractivity contribution in [2.75, 3.05) is 20.8 Å². The Labute approximate surface area is 137 Å². The van der Waals surface area contributed by atoms with Gasteiger partial charge in [-0.3, -0.25) is 4.57 Å². The molecule has 3 aliphatic carbocycles. The van der Waals surface area contributed by atoms with Gasteiger partial charge in [0.2, 0.25) is 0 Å². The molecule has 4 rings (SSSR count). The lowest BCUT2D eigenvalue weighted by Gasteiger charge is -2.53. The largest absolute Gasteiger partial charge is 0.431 e. The van der Waals surface area contributed by atoms with Crippen LogP contribution in [-0.2, 0) is 8.85 Å². The Balaban J connectivity index is 1.62. The van der Waals surface area contributed by atoms with Crippen molar-refractivity contribution in [2.45, 2.75) is 75.8 Å². The molecular formula is C18H33NO2Si. The van der Waals surface area contributed by atoms with Gasteiger partial charge in [-0.05, 0) is 69.2 Å². The van der Waals surface area contributed by atoms with Crippen LogP contribution < -0.4 is 0 Å². The summed E-state index contributed by atoms with van der Waals surface area (Å²) in [6.07, 6.45) is 14.2. The normalized spacial score (nSPS) is 42.5. The van der Waals surface area contributed by atoms with E-state index in [1.54, 1.807) is 0 Å². The molecule has 2 bridgehead atoms. The van der Waals surface area contributed by atoms with Gasteiger partial charge in [-0.1, -0.05) is 19.3 Å². The Morgan fingerprint density at radius 1 is 0.818 bits per heavy atom. The van der Waals surface area contributed by atoms with E-state index < -0.39 is 8.72 Å². The maximum Gasteiger partial charge on any atom is 0.431 e. The lowest BCUT2D eigenvalue weighted by Crippen LogP contribution is -2.67. The molecule has 4 fully saturated rings. The first-order valence-corrected chi connectivity index (χ1v) is 11.5. The zero-order valence-electron chi connectivity index (χ0n) is 14.4. The number of nitrogens with zero attached hydrogens (tertiary/aromatic N) is 1. The fraction of sp³-hybridized carbons (Fsp3) is 1.00. The highest BCUT2D eigenvalue weighted by Gasteiger charge is 2.60.